The van der Waals surface area contributed by atoms with Crippen LogP contribution < -0.4 is 10.0 Å². The molecule has 0 unspecified atom stereocenters. The molecule has 1 aliphatic rings. The minimum atomic E-state index is -3.19. The summed E-state index contributed by atoms with van der Waals surface area (Å²) in [6.45, 7) is 3.89. The molecular weight excluding hydrogens is 377 g/mol. The minimum absolute atomic E-state index is 0.253. The van der Waals surface area contributed by atoms with Crippen LogP contribution in [0, 0.1) is 11.7 Å². The third-order valence-corrected chi connectivity index (χ3v) is 7.15. The van der Waals surface area contributed by atoms with Crippen LogP contribution in [-0.2, 0) is 10.0 Å². The summed E-state index contributed by atoms with van der Waals surface area (Å²) < 4.78 is 40.4. The van der Waals surface area contributed by atoms with E-state index in [-0.39, 0.29) is 5.82 Å². The van der Waals surface area contributed by atoms with Gasteiger partial charge < -0.3 is 5.32 Å². The summed E-state index contributed by atoms with van der Waals surface area (Å²) in [6, 6.07) is 10.8. The zero-order chi connectivity index (χ0) is 20.1. The fraction of sp³-hybridized carbons (Fsp3) is 0.476. The fourth-order valence-corrected chi connectivity index (χ4v) is 4.26. The highest BCUT2D eigenvalue weighted by Gasteiger charge is 2.23. The highest BCUT2D eigenvalue weighted by Crippen LogP contribution is 2.27. The Morgan fingerprint density at radius 3 is 2.43 bits per heavy atom. The van der Waals surface area contributed by atoms with Crippen molar-refractivity contribution in [1.82, 2.24) is 9.71 Å². The van der Waals surface area contributed by atoms with Crippen molar-refractivity contribution in [3.05, 3.63) is 48.4 Å². The summed E-state index contributed by atoms with van der Waals surface area (Å²) in [5, 5.41) is 3.04. The molecule has 0 saturated heterocycles. The number of nitrogens with one attached hydrogen (secondary N) is 2. The molecule has 7 heteroatoms. The maximum absolute atomic E-state index is 13.9. The number of halogens is 1. The van der Waals surface area contributed by atoms with Crippen molar-refractivity contribution in [2.75, 3.05) is 11.9 Å². The predicted molar refractivity (Wildman–Crippen MR) is 111 cm³/mol. The van der Waals surface area contributed by atoms with Crippen LogP contribution in [0.25, 0.3) is 11.1 Å². The number of benzene rings is 1. The maximum atomic E-state index is 13.9. The number of pyridine rings is 1. The molecule has 0 bridgehead atoms. The second-order valence-electron chi connectivity index (χ2n) is 7.72. The van der Waals surface area contributed by atoms with Gasteiger partial charge in [0.05, 0.1) is 5.25 Å². The third-order valence-electron chi connectivity index (χ3n) is 5.34. The molecule has 2 N–H and O–H groups in total. The van der Waals surface area contributed by atoms with Crippen LogP contribution in [0.2, 0.25) is 0 Å². The van der Waals surface area contributed by atoms with Gasteiger partial charge in [0.1, 0.15) is 11.6 Å². The molecule has 0 spiro atoms. The number of sulfonamides is 1. The first kappa shape index (κ1) is 20.7. The Balaban J connectivity index is 1.49. The number of aromatic nitrogens is 1. The standard InChI is InChI=1S/C21H28FN3O2S/c1-15(2)28(26,27)24-13-16-7-10-18(11-8-16)25-21-12-9-17(14-23-21)19-5-3-4-6-20(19)22/h3-6,9,12,14-16,18,24H,7-8,10-11,13H2,1-2H3,(H,23,25). The maximum Gasteiger partial charge on any atom is 0.213 e. The summed E-state index contributed by atoms with van der Waals surface area (Å²) in [7, 11) is -3.19. The number of anilines is 1. The molecule has 1 fully saturated rings. The first-order valence-corrected chi connectivity index (χ1v) is 11.4. The van der Waals surface area contributed by atoms with Gasteiger partial charge in [0.25, 0.3) is 0 Å². The van der Waals surface area contributed by atoms with E-state index >= 15 is 0 Å². The highest BCUT2D eigenvalue weighted by atomic mass is 32.2. The summed E-state index contributed by atoms with van der Waals surface area (Å²) in [5.74, 6) is 0.906. The predicted octanol–water partition coefficient (Wildman–Crippen LogP) is 4.19. The van der Waals surface area contributed by atoms with E-state index in [4.69, 9.17) is 0 Å². The van der Waals surface area contributed by atoms with Gasteiger partial charge in [-0.25, -0.2) is 22.5 Å². The molecule has 152 valence electrons. The van der Waals surface area contributed by atoms with Gasteiger partial charge in [0.2, 0.25) is 10.0 Å². The van der Waals surface area contributed by atoms with E-state index in [1.165, 1.54) is 6.07 Å². The van der Waals surface area contributed by atoms with Gasteiger partial charge in [0, 0.05) is 29.9 Å². The molecule has 1 aromatic heterocycles. The Hall–Kier alpha value is -1.99. The van der Waals surface area contributed by atoms with Gasteiger partial charge in [-0.3, -0.25) is 0 Å². The van der Waals surface area contributed by atoms with E-state index in [0.717, 1.165) is 37.1 Å². The normalized spacial score (nSPS) is 20.3. The Kier molecular flexibility index (Phi) is 6.67. The van der Waals surface area contributed by atoms with Gasteiger partial charge in [-0.05, 0) is 63.6 Å². The molecular formula is C21H28FN3O2S. The number of hydrogen-bond acceptors (Lipinski definition) is 4. The minimum Gasteiger partial charge on any atom is -0.367 e. The fourth-order valence-electron chi connectivity index (χ4n) is 3.45. The number of rotatable bonds is 7. The molecule has 0 atom stereocenters. The van der Waals surface area contributed by atoms with Crippen LogP contribution in [0.3, 0.4) is 0 Å². The molecule has 2 aromatic rings. The van der Waals surface area contributed by atoms with E-state index in [9.17, 15) is 12.8 Å². The van der Waals surface area contributed by atoms with Crippen LogP contribution in [-0.4, -0.2) is 31.2 Å². The summed E-state index contributed by atoms with van der Waals surface area (Å²) in [6.07, 6.45) is 5.60. The van der Waals surface area contributed by atoms with Crippen molar-refractivity contribution in [2.45, 2.75) is 50.8 Å². The molecule has 1 aromatic carbocycles. The zero-order valence-electron chi connectivity index (χ0n) is 16.4. The highest BCUT2D eigenvalue weighted by molar-refractivity contribution is 7.90. The van der Waals surface area contributed by atoms with Crippen LogP contribution in [0.15, 0.2) is 42.6 Å². The van der Waals surface area contributed by atoms with Crippen LogP contribution >= 0.6 is 0 Å². The molecule has 1 aliphatic carbocycles. The van der Waals surface area contributed by atoms with E-state index in [2.05, 4.69) is 15.0 Å². The second kappa shape index (κ2) is 9.01. The molecule has 0 aliphatic heterocycles. The summed E-state index contributed by atoms with van der Waals surface area (Å²) in [4.78, 5) is 4.43. The van der Waals surface area contributed by atoms with Gasteiger partial charge in [-0.1, -0.05) is 18.2 Å². The van der Waals surface area contributed by atoms with Crippen molar-refractivity contribution < 1.29 is 12.8 Å². The smallest absolute Gasteiger partial charge is 0.213 e. The average Bonchev–Trinajstić information content (AvgIpc) is 2.68. The molecule has 0 radical (unpaired) electrons. The topological polar surface area (TPSA) is 71.1 Å². The van der Waals surface area contributed by atoms with E-state index in [1.54, 1.807) is 32.2 Å². The Labute approximate surface area is 166 Å². The zero-order valence-corrected chi connectivity index (χ0v) is 17.2. The van der Waals surface area contributed by atoms with Crippen LogP contribution in [0.5, 0.6) is 0 Å². The lowest BCUT2D eigenvalue weighted by molar-refractivity contribution is 0.336. The second-order valence-corrected chi connectivity index (χ2v) is 10.0. The Morgan fingerprint density at radius 1 is 1.11 bits per heavy atom. The molecule has 1 heterocycles. The van der Waals surface area contributed by atoms with Gasteiger partial charge in [0.15, 0.2) is 0 Å². The van der Waals surface area contributed by atoms with Crippen LogP contribution in [0.4, 0.5) is 10.2 Å². The number of hydrogen-bond donors (Lipinski definition) is 2. The monoisotopic (exact) mass is 405 g/mol. The van der Waals surface area contributed by atoms with E-state index in [0.29, 0.717) is 24.1 Å². The van der Waals surface area contributed by atoms with Crippen LogP contribution in [0.1, 0.15) is 39.5 Å². The van der Waals surface area contributed by atoms with Gasteiger partial charge >= 0.3 is 0 Å². The quantitative estimate of drug-likeness (QED) is 0.725. The van der Waals surface area contributed by atoms with Crippen molar-refractivity contribution in [2.24, 2.45) is 5.92 Å². The molecule has 28 heavy (non-hydrogen) atoms. The first-order valence-electron chi connectivity index (χ1n) is 9.81. The van der Waals surface area contributed by atoms with Crippen molar-refractivity contribution in [3.63, 3.8) is 0 Å². The van der Waals surface area contributed by atoms with Crippen molar-refractivity contribution in [3.8, 4) is 11.1 Å². The van der Waals surface area contributed by atoms with E-state index < -0.39 is 15.3 Å². The van der Waals surface area contributed by atoms with Crippen molar-refractivity contribution >= 4 is 15.8 Å². The van der Waals surface area contributed by atoms with Gasteiger partial charge in [-0.15, -0.1) is 0 Å². The molecule has 0 amide bonds. The average molecular weight is 406 g/mol. The lowest BCUT2D eigenvalue weighted by Gasteiger charge is -2.29. The molecule has 5 nitrogen and oxygen atoms in total. The lowest BCUT2D eigenvalue weighted by atomic mass is 9.86. The SMILES string of the molecule is CC(C)S(=O)(=O)NCC1CCC(Nc2ccc(-c3ccccc3F)cn2)CC1. The van der Waals surface area contributed by atoms with Gasteiger partial charge in [-0.2, -0.15) is 0 Å². The third kappa shape index (κ3) is 5.29. The Morgan fingerprint density at radius 2 is 1.82 bits per heavy atom. The van der Waals surface area contributed by atoms with E-state index in [1.807, 2.05) is 18.2 Å². The number of nitrogens with zero attached hydrogens (tertiary/aromatic N) is 1. The largest absolute Gasteiger partial charge is 0.367 e. The lowest BCUT2D eigenvalue weighted by Crippen LogP contribution is -2.37. The molecule has 3 rings (SSSR count). The summed E-state index contributed by atoms with van der Waals surface area (Å²) in [5.41, 5.74) is 1.30. The summed E-state index contributed by atoms with van der Waals surface area (Å²) >= 11 is 0. The molecule has 1 saturated carbocycles. The first-order chi connectivity index (χ1) is 13.3. The Bertz CT molecular complexity index is 877. The van der Waals surface area contributed by atoms with Crippen molar-refractivity contribution in [1.29, 1.82) is 0 Å².